The quantitative estimate of drug-likeness (QED) is 0.714. The minimum absolute atomic E-state index is 0.0308. The second kappa shape index (κ2) is 7.74. The number of hydrogen-bond donors (Lipinski definition) is 3. The maximum absolute atomic E-state index is 11.9. The van der Waals surface area contributed by atoms with Gasteiger partial charge in [0.15, 0.2) is 0 Å². The van der Waals surface area contributed by atoms with Crippen molar-refractivity contribution in [2.24, 2.45) is 0 Å². The zero-order valence-electron chi connectivity index (χ0n) is 12.8. The van der Waals surface area contributed by atoms with Crippen molar-refractivity contribution in [3.05, 3.63) is 72.2 Å². The van der Waals surface area contributed by atoms with Gasteiger partial charge in [-0.3, -0.25) is 20.0 Å². The van der Waals surface area contributed by atoms with Crippen LogP contribution in [0.2, 0.25) is 0 Å². The Morgan fingerprint density at radius 3 is 2.52 bits per heavy atom. The summed E-state index contributed by atoms with van der Waals surface area (Å²) < 4.78 is 0. The van der Waals surface area contributed by atoms with Crippen molar-refractivity contribution in [2.45, 2.75) is 13.3 Å². The van der Waals surface area contributed by atoms with E-state index in [2.05, 4.69) is 27.7 Å². The SMILES string of the molecule is C=C(CC(=O)Nc1cccnc1)NNC(=O)c1ccc(C)cc1. The number of aromatic nitrogens is 1. The van der Waals surface area contributed by atoms with Crippen LogP contribution in [0.5, 0.6) is 0 Å². The third kappa shape index (κ3) is 5.28. The van der Waals surface area contributed by atoms with E-state index >= 15 is 0 Å². The Morgan fingerprint density at radius 1 is 1.13 bits per heavy atom. The predicted molar refractivity (Wildman–Crippen MR) is 88.4 cm³/mol. The molecule has 1 aromatic heterocycles. The van der Waals surface area contributed by atoms with E-state index in [1.165, 1.54) is 0 Å². The lowest BCUT2D eigenvalue weighted by Gasteiger charge is -2.11. The number of carbonyl (C=O) groups is 2. The van der Waals surface area contributed by atoms with E-state index < -0.39 is 0 Å². The summed E-state index contributed by atoms with van der Waals surface area (Å²) in [4.78, 5) is 27.6. The third-order valence-electron chi connectivity index (χ3n) is 2.99. The fraction of sp³-hybridized carbons (Fsp3) is 0.118. The van der Waals surface area contributed by atoms with Gasteiger partial charge in [-0.25, -0.2) is 0 Å². The standard InChI is InChI=1S/C17H18N4O2/c1-12-5-7-14(8-6-12)17(23)21-20-13(2)10-16(22)19-15-4-3-9-18-11-15/h3-9,11,20H,2,10H2,1H3,(H,19,22)(H,21,23). The van der Waals surface area contributed by atoms with Crippen LogP contribution in [0.4, 0.5) is 5.69 Å². The van der Waals surface area contributed by atoms with Crippen LogP contribution in [-0.2, 0) is 4.79 Å². The summed E-state index contributed by atoms with van der Waals surface area (Å²) in [5.41, 5.74) is 7.73. The van der Waals surface area contributed by atoms with Gasteiger partial charge in [-0.2, -0.15) is 0 Å². The van der Waals surface area contributed by atoms with Crippen LogP contribution in [0.15, 0.2) is 61.1 Å². The molecule has 6 heteroatoms. The maximum atomic E-state index is 11.9. The largest absolute Gasteiger partial charge is 0.324 e. The average Bonchev–Trinajstić information content (AvgIpc) is 2.54. The highest BCUT2D eigenvalue weighted by Crippen LogP contribution is 2.05. The molecule has 0 bridgehead atoms. The van der Waals surface area contributed by atoms with Crippen LogP contribution < -0.4 is 16.2 Å². The molecular formula is C17H18N4O2. The van der Waals surface area contributed by atoms with Crippen molar-refractivity contribution in [3.8, 4) is 0 Å². The first kappa shape index (κ1) is 16.2. The number of hydrogen-bond acceptors (Lipinski definition) is 4. The van der Waals surface area contributed by atoms with Gasteiger partial charge >= 0.3 is 0 Å². The Kier molecular flexibility index (Phi) is 5.46. The molecule has 0 unspecified atom stereocenters. The van der Waals surface area contributed by atoms with Gasteiger partial charge in [-0.1, -0.05) is 24.3 Å². The summed E-state index contributed by atoms with van der Waals surface area (Å²) in [6.07, 6.45) is 3.20. The molecule has 3 N–H and O–H groups in total. The number of anilines is 1. The number of carbonyl (C=O) groups excluding carboxylic acids is 2. The van der Waals surface area contributed by atoms with Crippen molar-refractivity contribution in [3.63, 3.8) is 0 Å². The number of rotatable bonds is 6. The molecule has 1 aromatic carbocycles. The zero-order valence-corrected chi connectivity index (χ0v) is 12.8. The summed E-state index contributed by atoms with van der Waals surface area (Å²) in [7, 11) is 0. The molecule has 6 nitrogen and oxygen atoms in total. The molecule has 1 heterocycles. The van der Waals surface area contributed by atoms with Crippen molar-refractivity contribution in [2.75, 3.05) is 5.32 Å². The molecule has 0 aliphatic rings. The number of pyridine rings is 1. The Morgan fingerprint density at radius 2 is 1.87 bits per heavy atom. The number of nitrogens with zero attached hydrogens (tertiary/aromatic N) is 1. The number of hydrazine groups is 1. The second-order valence-electron chi connectivity index (χ2n) is 5.02. The number of nitrogens with one attached hydrogen (secondary N) is 3. The maximum Gasteiger partial charge on any atom is 0.269 e. The summed E-state index contributed by atoms with van der Waals surface area (Å²) in [6, 6.07) is 10.6. The van der Waals surface area contributed by atoms with Crippen LogP contribution in [0.1, 0.15) is 22.3 Å². The van der Waals surface area contributed by atoms with Crippen molar-refractivity contribution < 1.29 is 9.59 Å². The first-order valence-corrected chi connectivity index (χ1v) is 7.05. The molecule has 0 aliphatic carbocycles. The summed E-state index contributed by atoms with van der Waals surface area (Å²) in [5, 5.41) is 2.68. The highest BCUT2D eigenvalue weighted by atomic mass is 16.2. The summed E-state index contributed by atoms with van der Waals surface area (Å²) in [6.45, 7) is 5.66. The van der Waals surface area contributed by atoms with Gasteiger partial charge in [0, 0.05) is 17.5 Å². The van der Waals surface area contributed by atoms with E-state index in [1.807, 2.05) is 19.1 Å². The molecular weight excluding hydrogens is 292 g/mol. The van der Waals surface area contributed by atoms with E-state index in [9.17, 15) is 9.59 Å². The lowest BCUT2D eigenvalue weighted by molar-refractivity contribution is -0.115. The van der Waals surface area contributed by atoms with Crippen LogP contribution in [0, 0.1) is 6.92 Å². The molecule has 0 aliphatic heterocycles. The van der Waals surface area contributed by atoms with Crippen molar-refractivity contribution in [1.29, 1.82) is 0 Å². The van der Waals surface area contributed by atoms with Gasteiger partial charge in [0.1, 0.15) is 0 Å². The van der Waals surface area contributed by atoms with Gasteiger partial charge in [0.05, 0.1) is 18.3 Å². The van der Waals surface area contributed by atoms with Crippen LogP contribution >= 0.6 is 0 Å². The fourth-order valence-corrected chi connectivity index (χ4v) is 1.80. The predicted octanol–water partition coefficient (Wildman–Crippen LogP) is 2.17. The number of amides is 2. The average molecular weight is 310 g/mol. The van der Waals surface area contributed by atoms with E-state index in [1.54, 1.807) is 36.7 Å². The van der Waals surface area contributed by atoms with E-state index in [0.717, 1.165) is 5.56 Å². The minimum atomic E-state index is -0.293. The first-order chi connectivity index (χ1) is 11.0. The smallest absolute Gasteiger partial charge is 0.269 e. The molecule has 23 heavy (non-hydrogen) atoms. The van der Waals surface area contributed by atoms with Gasteiger partial charge < -0.3 is 10.7 Å². The number of benzene rings is 1. The minimum Gasteiger partial charge on any atom is -0.324 e. The molecule has 0 spiro atoms. The van der Waals surface area contributed by atoms with Gasteiger partial charge in [0.2, 0.25) is 5.91 Å². The third-order valence-corrected chi connectivity index (χ3v) is 2.99. The second-order valence-corrected chi connectivity index (χ2v) is 5.02. The molecule has 2 amide bonds. The van der Waals surface area contributed by atoms with Gasteiger partial charge in [0.25, 0.3) is 5.91 Å². The molecule has 2 rings (SSSR count). The van der Waals surface area contributed by atoms with Gasteiger partial charge in [-0.15, -0.1) is 0 Å². The lowest BCUT2D eigenvalue weighted by atomic mass is 10.1. The highest BCUT2D eigenvalue weighted by molar-refractivity contribution is 5.94. The molecule has 0 atom stereocenters. The molecule has 0 fully saturated rings. The van der Waals surface area contributed by atoms with Crippen molar-refractivity contribution >= 4 is 17.5 Å². The molecule has 0 saturated heterocycles. The lowest BCUT2D eigenvalue weighted by Crippen LogP contribution is -2.37. The summed E-state index contributed by atoms with van der Waals surface area (Å²) >= 11 is 0. The van der Waals surface area contributed by atoms with E-state index in [-0.39, 0.29) is 18.2 Å². The number of aryl methyl sites for hydroxylation is 1. The molecule has 0 saturated carbocycles. The highest BCUT2D eigenvalue weighted by Gasteiger charge is 2.07. The van der Waals surface area contributed by atoms with Crippen LogP contribution in [0.3, 0.4) is 0 Å². The monoisotopic (exact) mass is 310 g/mol. The fourth-order valence-electron chi connectivity index (χ4n) is 1.80. The van der Waals surface area contributed by atoms with E-state index in [4.69, 9.17) is 0 Å². The van der Waals surface area contributed by atoms with E-state index in [0.29, 0.717) is 16.9 Å². The first-order valence-electron chi connectivity index (χ1n) is 7.05. The topological polar surface area (TPSA) is 83.1 Å². The summed E-state index contributed by atoms with van der Waals surface area (Å²) in [5.74, 6) is -0.543. The van der Waals surface area contributed by atoms with Gasteiger partial charge in [-0.05, 0) is 31.2 Å². The Bertz CT molecular complexity index is 696. The van der Waals surface area contributed by atoms with Crippen LogP contribution in [0.25, 0.3) is 0 Å². The van der Waals surface area contributed by atoms with Crippen LogP contribution in [-0.4, -0.2) is 16.8 Å². The Labute approximate surface area is 134 Å². The Balaban J connectivity index is 1.77. The Hall–Kier alpha value is -3.15. The normalized spacial score (nSPS) is 9.78. The molecule has 2 aromatic rings. The van der Waals surface area contributed by atoms with Crippen molar-refractivity contribution in [1.82, 2.24) is 15.8 Å². The molecule has 0 radical (unpaired) electrons. The molecule has 118 valence electrons. The zero-order chi connectivity index (χ0) is 16.7.